The van der Waals surface area contributed by atoms with E-state index in [-0.39, 0.29) is 10.8 Å². The van der Waals surface area contributed by atoms with Crippen molar-refractivity contribution < 1.29 is 25.5 Å². The van der Waals surface area contributed by atoms with Crippen molar-refractivity contribution >= 4 is 23.0 Å². The number of hydrogen-bond acceptors (Lipinski definition) is 7. The van der Waals surface area contributed by atoms with Crippen LogP contribution in [0.15, 0.2) is 35.4 Å². The van der Waals surface area contributed by atoms with E-state index in [2.05, 4.69) is 15.8 Å². The Kier molecular flexibility index (Phi) is 5.99. The Balaban J connectivity index is 1.94. The number of benzene rings is 1. The molecular formula is C14H19N3O5S. The molecule has 23 heavy (non-hydrogen) atoms. The molecule has 7 N–H and O–H groups in total. The molecule has 0 bridgehead atoms. The molecule has 1 aromatic carbocycles. The van der Waals surface area contributed by atoms with Crippen LogP contribution in [0.5, 0.6) is 0 Å². The van der Waals surface area contributed by atoms with E-state index in [1.54, 1.807) is 0 Å². The average molecular weight is 341 g/mol. The van der Waals surface area contributed by atoms with E-state index in [0.717, 1.165) is 5.56 Å². The van der Waals surface area contributed by atoms with Gasteiger partial charge in [0.25, 0.3) is 0 Å². The summed E-state index contributed by atoms with van der Waals surface area (Å²) in [5.41, 5.74) is 3.11. The monoisotopic (exact) mass is 341 g/mol. The predicted octanol–water partition coefficient (Wildman–Crippen LogP) is -2.18. The highest BCUT2D eigenvalue weighted by atomic mass is 32.1. The summed E-state index contributed by atoms with van der Waals surface area (Å²) in [6.07, 6.45) is -8.21. The zero-order valence-electron chi connectivity index (χ0n) is 12.1. The van der Waals surface area contributed by atoms with E-state index >= 15 is 0 Å². The molecule has 1 unspecified atom stereocenters. The van der Waals surface area contributed by atoms with Crippen LogP contribution in [0.2, 0.25) is 0 Å². The number of rotatable bonds is 3. The lowest BCUT2D eigenvalue weighted by molar-refractivity contribution is -0.130. The van der Waals surface area contributed by atoms with Gasteiger partial charge in [0, 0.05) is 6.54 Å². The van der Waals surface area contributed by atoms with Gasteiger partial charge in [0.1, 0.15) is 36.2 Å². The molecule has 0 spiro atoms. The molecule has 8 nitrogen and oxygen atoms in total. The van der Waals surface area contributed by atoms with Crippen molar-refractivity contribution in [2.45, 2.75) is 37.1 Å². The second-order valence-electron chi connectivity index (χ2n) is 5.18. The average Bonchev–Trinajstić information content (AvgIpc) is 2.57. The minimum Gasteiger partial charge on any atom is -0.387 e. The molecule has 0 aromatic heterocycles. The summed E-state index contributed by atoms with van der Waals surface area (Å²) >= 11 is 5.01. The van der Waals surface area contributed by atoms with Gasteiger partial charge in [-0.25, -0.2) is 0 Å². The van der Waals surface area contributed by atoms with Crippen LogP contribution in [0.25, 0.3) is 0 Å². The number of nitrogens with one attached hydrogen (secondary N) is 2. The van der Waals surface area contributed by atoms with Crippen LogP contribution < -0.4 is 10.7 Å². The van der Waals surface area contributed by atoms with E-state index in [1.807, 2.05) is 30.3 Å². The molecule has 0 radical (unpaired) electrons. The first-order valence-corrected chi connectivity index (χ1v) is 7.38. The number of aliphatic hydroxyl groups excluding tert-OH is 5. The van der Waals surface area contributed by atoms with Gasteiger partial charge >= 0.3 is 0 Å². The van der Waals surface area contributed by atoms with Gasteiger partial charge < -0.3 is 30.8 Å². The summed E-state index contributed by atoms with van der Waals surface area (Å²) in [6.45, 7) is 0.451. The fourth-order valence-electron chi connectivity index (χ4n) is 2.17. The van der Waals surface area contributed by atoms with Crippen LogP contribution in [0.3, 0.4) is 0 Å². The summed E-state index contributed by atoms with van der Waals surface area (Å²) in [5, 5.41) is 55.0. The van der Waals surface area contributed by atoms with E-state index < -0.39 is 30.5 Å². The third kappa shape index (κ3) is 4.22. The predicted molar refractivity (Wildman–Crippen MR) is 86.5 cm³/mol. The second-order valence-corrected chi connectivity index (χ2v) is 5.59. The van der Waals surface area contributed by atoms with Crippen molar-refractivity contribution in [2.75, 3.05) is 0 Å². The fourth-order valence-corrected chi connectivity index (χ4v) is 2.28. The second kappa shape index (κ2) is 7.77. The molecule has 1 fully saturated rings. The fraction of sp³-hybridized carbons (Fsp3) is 0.429. The highest BCUT2D eigenvalue weighted by Crippen LogP contribution is 2.18. The first-order valence-electron chi connectivity index (χ1n) is 6.97. The van der Waals surface area contributed by atoms with E-state index in [4.69, 9.17) is 12.2 Å². The van der Waals surface area contributed by atoms with Crippen LogP contribution in [-0.2, 0) is 6.54 Å². The lowest BCUT2D eigenvalue weighted by atomic mass is 9.86. The van der Waals surface area contributed by atoms with Gasteiger partial charge in [-0.2, -0.15) is 5.10 Å². The van der Waals surface area contributed by atoms with E-state index in [0.29, 0.717) is 6.54 Å². The van der Waals surface area contributed by atoms with Gasteiger partial charge in [0.15, 0.2) is 5.11 Å². The van der Waals surface area contributed by atoms with Crippen molar-refractivity contribution in [1.82, 2.24) is 10.7 Å². The molecule has 0 saturated heterocycles. The van der Waals surface area contributed by atoms with E-state index in [1.165, 1.54) is 0 Å². The largest absolute Gasteiger partial charge is 0.387 e. The standard InChI is InChI=1S/C14H19N3O5S/c18-9-8(10(19)12(21)13(22)11(9)20)16-17-14(23)15-6-7-4-2-1-3-5-7/h1-5,9-13,18-22H,6H2,(H2,15,17,23)/t9-,10+,11-,12-,13?/m1/s1. The van der Waals surface area contributed by atoms with E-state index in [9.17, 15) is 25.5 Å². The Hall–Kier alpha value is -1.62. The van der Waals surface area contributed by atoms with Crippen LogP contribution in [-0.4, -0.2) is 66.9 Å². The third-order valence-electron chi connectivity index (χ3n) is 3.54. The maximum Gasteiger partial charge on any atom is 0.187 e. The first-order chi connectivity index (χ1) is 10.9. The third-order valence-corrected chi connectivity index (χ3v) is 3.77. The molecule has 2 rings (SSSR count). The summed E-state index contributed by atoms with van der Waals surface area (Å²) in [6, 6.07) is 9.48. The zero-order valence-corrected chi connectivity index (χ0v) is 12.9. The Morgan fingerprint density at radius 1 is 0.957 bits per heavy atom. The van der Waals surface area contributed by atoms with Gasteiger partial charge in [0.2, 0.25) is 0 Å². The highest BCUT2D eigenvalue weighted by molar-refractivity contribution is 7.80. The molecule has 126 valence electrons. The molecule has 5 atom stereocenters. The Morgan fingerprint density at radius 3 is 2.09 bits per heavy atom. The highest BCUT2D eigenvalue weighted by Gasteiger charge is 2.46. The molecule has 0 heterocycles. The topological polar surface area (TPSA) is 138 Å². The molecule has 1 aromatic rings. The van der Waals surface area contributed by atoms with Gasteiger partial charge in [-0.15, -0.1) is 0 Å². The SMILES string of the molecule is OC1[C@H](O)[C@H](O)C(=NNC(=S)NCc2ccccc2)[C@H](O)[C@H]1O. The van der Waals surface area contributed by atoms with Crippen molar-refractivity contribution in [3.63, 3.8) is 0 Å². The number of aliphatic hydroxyl groups is 5. The van der Waals surface area contributed by atoms with Gasteiger partial charge in [-0.3, -0.25) is 5.43 Å². The lowest BCUT2D eigenvalue weighted by Gasteiger charge is -2.36. The minimum absolute atomic E-state index is 0.135. The van der Waals surface area contributed by atoms with Crippen molar-refractivity contribution in [1.29, 1.82) is 0 Å². The Morgan fingerprint density at radius 2 is 1.52 bits per heavy atom. The van der Waals surface area contributed by atoms with Crippen LogP contribution in [0.1, 0.15) is 5.56 Å². The van der Waals surface area contributed by atoms with Crippen LogP contribution >= 0.6 is 12.2 Å². The maximum atomic E-state index is 9.80. The number of thiocarbonyl (C=S) groups is 1. The normalized spacial score (nSPS) is 32.6. The summed E-state index contributed by atoms with van der Waals surface area (Å²) in [5.74, 6) is 0. The van der Waals surface area contributed by atoms with Gasteiger partial charge in [-0.05, 0) is 17.8 Å². The number of hydrogen-bond donors (Lipinski definition) is 7. The zero-order chi connectivity index (χ0) is 17.0. The van der Waals surface area contributed by atoms with Crippen LogP contribution in [0.4, 0.5) is 0 Å². The summed E-state index contributed by atoms with van der Waals surface area (Å²) < 4.78 is 0. The Labute approximate surface area is 138 Å². The smallest absolute Gasteiger partial charge is 0.187 e. The maximum absolute atomic E-state index is 9.80. The lowest BCUT2D eigenvalue weighted by Crippen LogP contribution is -2.62. The Bertz CT molecular complexity index is 553. The number of hydrazone groups is 1. The van der Waals surface area contributed by atoms with Crippen molar-refractivity contribution in [3.8, 4) is 0 Å². The minimum atomic E-state index is -1.66. The van der Waals surface area contributed by atoms with Crippen LogP contribution in [0, 0.1) is 0 Å². The molecule has 9 heteroatoms. The summed E-state index contributed by atoms with van der Waals surface area (Å²) in [7, 11) is 0. The molecule has 1 aliphatic rings. The van der Waals surface area contributed by atoms with Crippen molar-refractivity contribution in [3.05, 3.63) is 35.9 Å². The summed E-state index contributed by atoms with van der Waals surface area (Å²) in [4.78, 5) is 0. The molecule has 0 amide bonds. The molecule has 1 aliphatic carbocycles. The van der Waals surface area contributed by atoms with Gasteiger partial charge in [0.05, 0.1) is 0 Å². The molecule has 1 saturated carbocycles. The quantitative estimate of drug-likeness (QED) is 0.244. The first kappa shape index (κ1) is 17.7. The molecular weight excluding hydrogens is 322 g/mol. The number of nitrogens with zero attached hydrogens (tertiary/aromatic N) is 1. The van der Waals surface area contributed by atoms with Gasteiger partial charge in [-0.1, -0.05) is 30.3 Å². The molecule has 0 aliphatic heterocycles. The van der Waals surface area contributed by atoms with Crippen molar-refractivity contribution in [2.24, 2.45) is 5.10 Å².